The van der Waals surface area contributed by atoms with Crippen LogP contribution in [0.15, 0.2) is 35.2 Å². The molecule has 4 nitrogen and oxygen atoms in total. The van der Waals surface area contributed by atoms with E-state index >= 15 is 0 Å². The van der Waals surface area contributed by atoms with Crippen LogP contribution in [0.2, 0.25) is 0 Å². The molecule has 21 heavy (non-hydrogen) atoms. The number of thioether (sulfide) groups is 1. The predicted molar refractivity (Wildman–Crippen MR) is 88.5 cm³/mol. The molecule has 1 aliphatic rings. The van der Waals surface area contributed by atoms with E-state index in [0.717, 1.165) is 31.9 Å². The van der Waals surface area contributed by atoms with Crippen LogP contribution in [0.25, 0.3) is 0 Å². The number of piperazine rings is 1. The lowest BCUT2D eigenvalue weighted by atomic mass is 10.2. The second-order valence-electron chi connectivity index (χ2n) is 5.58. The van der Waals surface area contributed by atoms with E-state index in [9.17, 15) is 4.79 Å². The third-order valence-electron chi connectivity index (χ3n) is 3.96. The topological polar surface area (TPSA) is 49.6 Å². The van der Waals surface area contributed by atoms with Crippen LogP contribution in [0, 0.1) is 0 Å². The van der Waals surface area contributed by atoms with Crippen LogP contribution in [-0.4, -0.2) is 60.2 Å². The Morgan fingerprint density at radius 2 is 1.90 bits per heavy atom. The molecule has 0 aliphatic carbocycles. The number of rotatable bonds is 7. The van der Waals surface area contributed by atoms with E-state index in [-0.39, 0.29) is 5.91 Å². The van der Waals surface area contributed by atoms with Gasteiger partial charge in [0.1, 0.15) is 0 Å². The summed E-state index contributed by atoms with van der Waals surface area (Å²) in [5, 5.41) is 0. The van der Waals surface area contributed by atoms with Crippen molar-refractivity contribution >= 4 is 17.7 Å². The number of carbonyl (C=O) groups is 1. The number of amides is 1. The second kappa shape index (κ2) is 8.41. The van der Waals surface area contributed by atoms with E-state index in [2.05, 4.69) is 47.1 Å². The Bertz CT molecular complexity index is 432. The van der Waals surface area contributed by atoms with Crippen LogP contribution in [0.3, 0.4) is 0 Å². The van der Waals surface area contributed by atoms with Gasteiger partial charge in [-0.25, -0.2) is 0 Å². The van der Waals surface area contributed by atoms with E-state index in [1.807, 2.05) is 11.8 Å². The number of nitrogens with two attached hydrogens (primary N) is 1. The molecule has 1 heterocycles. The van der Waals surface area contributed by atoms with Crippen LogP contribution in [0.5, 0.6) is 0 Å². The van der Waals surface area contributed by atoms with Gasteiger partial charge in [0.05, 0.1) is 6.54 Å². The van der Waals surface area contributed by atoms with Crippen molar-refractivity contribution in [1.82, 2.24) is 9.80 Å². The summed E-state index contributed by atoms with van der Waals surface area (Å²) >= 11 is 1.92. The molecule has 1 saturated heterocycles. The third-order valence-corrected chi connectivity index (χ3v) is 5.00. The molecule has 0 bridgehead atoms. The fraction of sp³-hybridized carbons (Fsp3) is 0.562. The smallest absolute Gasteiger partial charge is 0.231 e. The largest absolute Gasteiger partial charge is 0.369 e. The Kier molecular flexibility index (Phi) is 6.54. The number of primary amides is 1. The van der Waals surface area contributed by atoms with Crippen molar-refractivity contribution in [2.75, 3.05) is 38.5 Å². The van der Waals surface area contributed by atoms with Gasteiger partial charge in [-0.1, -0.05) is 18.2 Å². The molecule has 1 aromatic rings. The molecule has 0 spiro atoms. The van der Waals surface area contributed by atoms with Crippen LogP contribution in [0.1, 0.15) is 13.3 Å². The monoisotopic (exact) mass is 307 g/mol. The minimum absolute atomic E-state index is 0.226. The Balaban J connectivity index is 1.65. The fourth-order valence-corrected chi connectivity index (χ4v) is 3.67. The van der Waals surface area contributed by atoms with Gasteiger partial charge in [0.15, 0.2) is 0 Å². The molecule has 116 valence electrons. The number of hydrogen-bond acceptors (Lipinski definition) is 4. The SMILES string of the molecule is C[C@H](CCSc1ccccc1)N1CCN(CC(N)=O)CC1. The van der Waals surface area contributed by atoms with E-state index in [1.54, 1.807) is 0 Å². The highest BCUT2D eigenvalue weighted by Gasteiger charge is 2.21. The van der Waals surface area contributed by atoms with Crippen molar-refractivity contribution in [2.45, 2.75) is 24.3 Å². The maximum absolute atomic E-state index is 10.9. The molecule has 1 amide bonds. The van der Waals surface area contributed by atoms with E-state index in [0.29, 0.717) is 12.6 Å². The Hall–Kier alpha value is -1.04. The first-order valence-electron chi connectivity index (χ1n) is 7.57. The standard InChI is InChI=1S/C16H25N3OS/c1-14(7-12-21-15-5-3-2-4-6-15)19-10-8-18(9-11-19)13-16(17)20/h2-6,14H,7-13H2,1H3,(H2,17,20)/t14-/m1/s1. The molecule has 1 aliphatic heterocycles. The normalized spacial score (nSPS) is 18.5. The van der Waals surface area contributed by atoms with Gasteiger partial charge < -0.3 is 5.73 Å². The number of hydrogen-bond donors (Lipinski definition) is 1. The maximum atomic E-state index is 10.9. The summed E-state index contributed by atoms with van der Waals surface area (Å²) in [7, 11) is 0. The summed E-state index contributed by atoms with van der Waals surface area (Å²) in [5.41, 5.74) is 5.24. The molecular weight excluding hydrogens is 282 g/mol. The highest BCUT2D eigenvalue weighted by Crippen LogP contribution is 2.20. The van der Waals surface area contributed by atoms with E-state index in [1.165, 1.54) is 11.3 Å². The first kappa shape index (κ1) is 16.3. The summed E-state index contributed by atoms with van der Waals surface area (Å²) in [6.07, 6.45) is 1.19. The lowest BCUT2D eigenvalue weighted by Crippen LogP contribution is -2.51. The van der Waals surface area contributed by atoms with Crippen molar-refractivity contribution < 1.29 is 4.79 Å². The van der Waals surface area contributed by atoms with Crippen molar-refractivity contribution in [1.29, 1.82) is 0 Å². The van der Waals surface area contributed by atoms with Crippen molar-refractivity contribution in [3.05, 3.63) is 30.3 Å². The van der Waals surface area contributed by atoms with Crippen LogP contribution in [-0.2, 0) is 4.79 Å². The first-order chi connectivity index (χ1) is 10.1. The highest BCUT2D eigenvalue weighted by molar-refractivity contribution is 7.99. The quantitative estimate of drug-likeness (QED) is 0.778. The van der Waals surface area contributed by atoms with Crippen LogP contribution < -0.4 is 5.73 Å². The molecule has 2 rings (SSSR count). The summed E-state index contributed by atoms with van der Waals surface area (Å²) in [5.74, 6) is 0.919. The molecule has 2 N–H and O–H groups in total. The average molecular weight is 307 g/mol. The maximum Gasteiger partial charge on any atom is 0.231 e. The van der Waals surface area contributed by atoms with Crippen molar-refractivity contribution in [2.24, 2.45) is 5.73 Å². The van der Waals surface area contributed by atoms with Gasteiger partial charge in [-0.05, 0) is 31.2 Å². The number of benzene rings is 1. The van der Waals surface area contributed by atoms with Gasteiger partial charge >= 0.3 is 0 Å². The highest BCUT2D eigenvalue weighted by atomic mass is 32.2. The first-order valence-corrected chi connectivity index (χ1v) is 8.56. The average Bonchev–Trinajstić information content (AvgIpc) is 2.48. The predicted octanol–water partition coefficient (Wildman–Crippen LogP) is 1.66. The fourth-order valence-electron chi connectivity index (χ4n) is 2.63. The van der Waals surface area contributed by atoms with Gasteiger partial charge in [-0.2, -0.15) is 0 Å². The molecule has 1 fully saturated rings. The zero-order valence-corrected chi connectivity index (χ0v) is 13.5. The zero-order chi connectivity index (χ0) is 15.1. The minimum Gasteiger partial charge on any atom is -0.369 e. The minimum atomic E-state index is -0.226. The van der Waals surface area contributed by atoms with Crippen molar-refractivity contribution in [3.63, 3.8) is 0 Å². The second-order valence-corrected chi connectivity index (χ2v) is 6.75. The number of carbonyl (C=O) groups excluding carboxylic acids is 1. The van der Waals surface area contributed by atoms with Gasteiger partial charge in [0.2, 0.25) is 5.91 Å². The lowest BCUT2D eigenvalue weighted by Gasteiger charge is -2.37. The summed E-state index contributed by atoms with van der Waals surface area (Å²) in [6.45, 7) is 6.65. The number of nitrogens with zero attached hydrogens (tertiary/aromatic N) is 2. The van der Waals surface area contributed by atoms with Crippen LogP contribution >= 0.6 is 11.8 Å². The summed E-state index contributed by atoms with van der Waals surface area (Å²) < 4.78 is 0. The molecule has 0 saturated carbocycles. The Morgan fingerprint density at radius 1 is 1.24 bits per heavy atom. The molecule has 0 aromatic heterocycles. The molecular formula is C16H25N3OS. The van der Waals surface area contributed by atoms with Crippen molar-refractivity contribution in [3.8, 4) is 0 Å². The molecule has 1 aromatic carbocycles. The van der Waals surface area contributed by atoms with Gasteiger partial charge in [0, 0.05) is 37.1 Å². The zero-order valence-electron chi connectivity index (χ0n) is 12.7. The Labute approximate surface area is 131 Å². The van der Waals surface area contributed by atoms with Gasteiger partial charge in [-0.15, -0.1) is 11.8 Å². The summed E-state index contributed by atoms with van der Waals surface area (Å²) in [4.78, 5) is 16.9. The van der Waals surface area contributed by atoms with E-state index in [4.69, 9.17) is 5.73 Å². The lowest BCUT2D eigenvalue weighted by molar-refractivity contribution is -0.119. The van der Waals surface area contributed by atoms with Gasteiger partial charge in [0.25, 0.3) is 0 Å². The molecule has 5 heteroatoms. The summed E-state index contributed by atoms with van der Waals surface area (Å²) in [6, 6.07) is 11.2. The van der Waals surface area contributed by atoms with Crippen LogP contribution in [0.4, 0.5) is 0 Å². The van der Waals surface area contributed by atoms with Gasteiger partial charge in [-0.3, -0.25) is 14.6 Å². The molecule has 1 atom stereocenters. The molecule has 0 radical (unpaired) electrons. The Morgan fingerprint density at radius 3 is 2.52 bits per heavy atom. The third kappa shape index (κ3) is 5.69. The molecule has 0 unspecified atom stereocenters. The van der Waals surface area contributed by atoms with E-state index < -0.39 is 0 Å².